The summed E-state index contributed by atoms with van der Waals surface area (Å²) in [5.41, 5.74) is 1.15. The van der Waals surface area contributed by atoms with E-state index in [-0.39, 0.29) is 5.41 Å². The molecule has 1 saturated carbocycles. The molecule has 0 amide bonds. The number of aromatic nitrogens is 1. The van der Waals surface area contributed by atoms with Crippen molar-refractivity contribution in [3.63, 3.8) is 0 Å². The van der Waals surface area contributed by atoms with Gasteiger partial charge in [-0.05, 0) is 12.8 Å². The number of nitrogens with one attached hydrogen (secondary N) is 2. The first kappa shape index (κ1) is 20.0. The minimum Gasteiger partial charge on any atom is -0.378 e. The van der Waals surface area contributed by atoms with Crippen LogP contribution in [0.1, 0.15) is 45.7 Å². The molecule has 0 radical (unpaired) electrons. The first-order chi connectivity index (χ1) is 11.9. The summed E-state index contributed by atoms with van der Waals surface area (Å²) in [5.74, 6) is 0.824. The highest BCUT2D eigenvalue weighted by molar-refractivity contribution is 7.13. The number of hydrogen-bond acceptors (Lipinski definition) is 5. The Hall–Kier alpha value is -1.34. The second kappa shape index (κ2) is 8.85. The molecule has 6 nitrogen and oxygen atoms in total. The van der Waals surface area contributed by atoms with Gasteiger partial charge in [-0.2, -0.15) is 0 Å². The predicted molar refractivity (Wildman–Crippen MR) is 107 cm³/mol. The minimum absolute atomic E-state index is 0.115. The van der Waals surface area contributed by atoms with Crippen LogP contribution in [0.5, 0.6) is 0 Å². The topological polar surface area (TPSA) is 61.8 Å². The van der Waals surface area contributed by atoms with Crippen molar-refractivity contribution in [1.82, 2.24) is 15.6 Å². The van der Waals surface area contributed by atoms with Gasteiger partial charge in [-0.3, -0.25) is 4.99 Å². The van der Waals surface area contributed by atoms with E-state index in [1.165, 1.54) is 6.42 Å². The molecule has 1 aliphatic rings. The van der Waals surface area contributed by atoms with Gasteiger partial charge in [-0.1, -0.05) is 27.2 Å². The van der Waals surface area contributed by atoms with E-state index in [0.29, 0.717) is 18.7 Å². The highest BCUT2D eigenvalue weighted by Crippen LogP contribution is 2.42. The van der Waals surface area contributed by atoms with Gasteiger partial charge in [0.1, 0.15) is 0 Å². The molecule has 25 heavy (non-hydrogen) atoms. The van der Waals surface area contributed by atoms with Gasteiger partial charge in [0, 0.05) is 44.6 Å². The SMILES string of the molecule is CCCCOC1CC(NC(=NC)NCc2csc(N(C)C)n2)C1(C)C. The Bertz CT molecular complexity index is 570. The largest absolute Gasteiger partial charge is 0.378 e. The molecule has 0 spiro atoms. The minimum atomic E-state index is 0.115. The molecule has 1 aromatic heterocycles. The Morgan fingerprint density at radius 1 is 1.48 bits per heavy atom. The molecule has 142 valence electrons. The van der Waals surface area contributed by atoms with Crippen LogP contribution >= 0.6 is 11.3 Å². The summed E-state index contributed by atoms with van der Waals surface area (Å²) in [7, 11) is 5.82. The summed E-state index contributed by atoms with van der Waals surface area (Å²) in [4.78, 5) is 11.0. The summed E-state index contributed by atoms with van der Waals surface area (Å²) in [6.45, 7) is 8.26. The second-order valence-electron chi connectivity index (χ2n) is 7.41. The summed E-state index contributed by atoms with van der Waals surface area (Å²) in [6.07, 6.45) is 3.67. The van der Waals surface area contributed by atoms with Crippen LogP contribution in [0.25, 0.3) is 0 Å². The average molecular weight is 368 g/mol. The van der Waals surface area contributed by atoms with Crippen LogP contribution in [0.2, 0.25) is 0 Å². The molecule has 0 bridgehead atoms. The fourth-order valence-corrected chi connectivity index (χ4v) is 3.66. The molecule has 0 aromatic carbocycles. The van der Waals surface area contributed by atoms with Crippen molar-refractivity contribution >= 4 is 22.4 Å². The molecule has 2 N–H and O–H groups in total. The van der Waals surface area contributed by atoms with Crippen molar-refractivity contribution in [1.29, 1.82) is 0 Å². The molecule has 1 fully saturated rings. The van der Waals surface area contributed by atoms with Crippen LogP contribution in [0, 0.1) is 5.41 Å². The van der Waals surface area contributed by atoms with Gasteiger partial charge in [0.05, 0.1) is 18.3 Å². The van der Waals surface area contributed by atoms with E-state index in [0.717, 1.165) is 36.2 Å². The summed E-state index contributed by atoms with van der Waals surface area (Å²) in [6, 6.07) is 0.373. The first-order valence-electron chi connectivity index (χ1n) is 9.09. The van der Waals surface area contributed by atoms with E-state index in [1.807, 2.05) is 26.0 Å². The first-order valence-corrected chi connectivity index (χ1v) is 9.97. The average Bonchev–Trinajstić information content (AvgIpc) is 3.05. The van der Waals surface area contributed by atoms with Crippen LogP contribution in [-0.4, -0.2) is 50.8 Å². The van der Waals surface area contributed by atoms with Crippen LogP contribution < -0.4 is 15.5 Å². The van der Waals surface area contributed by atoms with Crippen molar-refractivity contribution in [2.75, 3.05) is 32.6 Å². The molecule has 7 heteroatoms. The van der Waals surface area contributed by atoms with Crippen molar-refractivity contribution in [3.8, 4) is 0 Å². The van der Waals surface area contributed by atoms with Crippen LogP contribution in [0.3, 0.4) is 0 Å². The fraction of sp³-hybridized carbons (Fsp3) is 0.778. The zero-order valence-electron chi connectivity index (χ0n) is 16.4. The van der Waals surface area contributed by atoms with Crippen molar-refractivity contribution in [3.05, 3.63) is 11.1 Å². The predicted octanol–water partition coefficient (Wildman–Crippen LogP) is 2.86. The Kier molecular flexibility index (Phi) is 7.07. The van der Waals surface area contributed by atoms with E-state index >= 15 is 0 Å². The van der Waals surface area contributed by atoms with Crippen LogP contribution in [0.15, 0.2) is 10.4 Å². The smallest absolute Gasteiger partial charge is 0.191 e. The molecule has 2 rings (SSSR count). The molecule has 1 aromatic rings. The Labute approximate surface area is 156 Å². The number of rotatable bonds is 8. The molecule has 0 aliphatic heterocycles. The standard InChI is InChI=1S/C18H33N5OS/c1-7-8-9-24-15-10-14(18(15,2)3)22-16(19-4)20-11-13-12-25-17(21-13)23(5)6/h12,14-15H,7-11H2,1-6H3,(H2,19,20,22). The molecule has 1 heterocycles. The lowest BCUT2D eigenvalue weighted by atomic mass is 9.64. The Balaban J connectivity index is 1.80. The van der Waals surface area contributed by atoms with Gasteiger partial charge in [-0.15, -0.1) is 11.3 Å². The lowest BCUT2D eigenvalue weighted by Gasteiger charge is -2.52. The third-order valence-corrected chi connectivity index (χ3v) is 5.95. The van der Waals surface area contributed by atoms with Crippen molar-refractivity contribution in [2.24, 2.45) is 10.4 Å². The zero-order valence-corrected chi connectivity index (χ0v) is 17.2. The maximum Gasteiger partial charge on any atom is 0.191 e. The number of hydrogen-bond donors (Lipinski definition) is 2. The van der Waals surface area contributed by atoms with E-state index in [1.54, 1.807) is 11.3 Å². The van der Waals surface area contributed by atoms with Gasteiger partial charge in [0.25, 0.3) is 0 Å². The molecule has 2 atom stereocenters. The van der Waals surface area contributed by atoms with Gasteiger partial charge in [0.15, 0.2) is 11.1 Å². The maximum absolute atomic E-state index is 6.02. The summed E-state index contributed by atoms with van der Waals surface area (Å²) < 4.78 is 6.02. The lowest BCUT2D eigenvalue weighted by Crippen LogP contribution is -2.63. The summed E-state index contributed by atoms with van der Waals surface area (Å²) >= 11 is 1.65. The molecule has 1 aliphatic carbocycles. The number of guanidine groups is 1. The number of ether oxygens (including phenoxy) is 1. The Morgan fingerprint density at radius 3 is 2.80 bits per heavy atom. The third kappa shape index (κ3) is 5.07. The van der Waals surface area contributed by atoms with Gasteiger partial charge in [-0.25, -0.2) is 4.98 Å². The highest BCUT2D eigenvalue weighted by atomic mass is 32.1. The van der Waals surface area contributed by atoms with Crippen LogP contribution in [-0.2, 0) is 11.3 Å². The Morgan fingerprint density at radius 2 is 2.24 bits per heavy atom. The van der Waals surface area contributed by atoms with E-state index < -0.39 is 0 Å². The van der Waals surface area contributed by atoms with Gasteiger partial charge >= 0.3 is 0 Å². The lowest BCUT2D eigenvalue weighted by molar-refractivity contribution is -0.113. The monoisotopic (exact) mass is 367 g/mol. The third-order valence-electron chi connectivity index (χ3n) is 4.89. The van der Waals surface area contributed by atoms with E-state index in [2.05, 4.69) is 46.8 Å². The molecular formula is C18H33N5OS. The zero-order chi connectivity index (χ0) is 18.4. The molecule has 0 saturated heterocycles. The molecular weight excluding hydrogens is 334 g/mol. The summed E-state index contributed by atoms with van der Waals surface area (Å²) in [5, 5.41) is 10.0. The highest BCUT2D eigenvalue weighted by Gasteiger charge is 2.49. The number of unbranched alkanes of at least 4 members (excludes halogenated alkanes) is 1. The van der Waals surface area contributed by atoms with Crippen molar-refractivity contribution in [2.45, 2.75) is 58.7 Å². The quantitative estimate of drug-likeness (QED) is 0.420. The van der Waals surface area contributed by atoms with Crippen molar-refractivity contribution < 1.29 is 4.74 Å². The van der Waals surface area contributed by atoms with E-state index in [4.69, 9.17) is 4.74 Å². The fourth-order valence-electron chi connectivity index (χ4n) is 2.90. The maximum atomic E-state index is 6.02. The number of aliphatic imine (C=N–C) groups is 1. The van der Waals surface area contributed by atoms with Crippen LogP contribution in [0.4, 0.5) is 5.13 Å². The normalized spacial score (nSPS) is 22.4. The molecule has 2 unspecified atom stereocenters. The van der Waals surface area contributed by atoms with E-state index in [9.17, 15) is 0 Å². The van der Waals surface area contributed by atoms with Gasteiger partial charge in [0.2, 0.25) is 0 Å². The van der Waals surface area contributed by atoms with Gasteiger partial charge < -0.3 is 20.3 Å². The number of nitrogens with zero attached hydrogens (tertiary/aromatic N) is 3. The second-order valence-corrected chi connectivity index (χ2v) is 8.25. The number of thiazole rings is 1. The number of anilines is 1.